The molecule has 7 heteroatoms. The van der Waals surface area contributed by atoms with Crippen LogP contribution < -0.4 is 5.32 Å². The lowest BCUT2D eigenvalue weighted by Crippen LogP contribution is -2.15. The summed E-state index contributed by atoms with van der Waals surface area (Å²) in [5.41, 5.74) is 2.91. The molecular weight excluding hydrogens is 346 g/mol. The number of thioether (sulfide) groups is 1. The minimum Gasteiger partial charge on any atom is -0.325 e. The Morgan fingerprint density at radius 1 is 1.30 bits per heavy atom. The second-order valence-electron chi connectivity index (χ2n) is 4.86. The molecule has 0 aliphatic rings. The van der Waals surface area contributed by atoms with Crippen molar-refractivity contribution in [2.24, 2.45) is 0 Å². The molecule has 0 fully saturated rings. The summed E-state index contributed by atoms with van der Waals surface area (Å²) >= 11 is 4.82. The van der Waals surface area contributed by atoms with Crippen LogP contribution in [0, 0.1) is 6.92 Å². The molecule has 2 aromatic heterocycles. The van der Waals surface area contributed by atoms with E-state index in [2.05, 4.69) is 15.3 Å². The van der Waals surface area contributed by atoms with E-state index in [-0.39, 0.29) is 5.91 Å². The predicted octanol–water partition coefficient (Wildman–Crippen LogP) is 4.38. The number of hydrogen-bond donors (Lipinski definition) is 1. The van der Waals surface area contributed by atoms with Crippen LogP contribution in [0.25, 0.3) is 0 Å². The SMILES string of the molecule is Cc1ccccc1NC(=O)Cc1nc(CSc2nccs2)cs1. The Labute approximate surface area is 147 Å². The van der Waals surface area contributed by atoms with E-state index in [9.17, 15) is 4.79 Å². The van der Waals surface area contributed by atoms with Crippen LogP contribution in [0.5, 0.6) is 0 Å². The molecule has 0 saturated heterocycles. The van der Waals surface area contributed by atoms with Gasteiger partial charge in [0.15, 0.2) is 0 Å². The summed E-state index contributed by atoms with van der Waals surface area (Å²) in [6.45, 7) is 1.98. The average Bonchev–Trinajstić information content (AvgIpc) is 3.19. The molecule has 118 valence electrons. The highest BCUT2D eigenvalue weighted by molar-refractivity contribution is 8.00. The Kier molecular flexibility index (Phi) is 5.43. The van der Waals surface area contributed by atoms with E-state index in [1.165, 1.54) is 11.3 Å². The summed E-state index contributed by atoms with van der Waals surface area (Å²) in [6.07, 6.45) is 2.11. The quantitative estimate of drug-likeness (QED) is 0.662. The molecule has 1 N–H and O–H groups in total. The third-order valence-corrected chi connectivity index (χ3v) is 5.98. The fourth-order valence-corrected chi connectivity index (χ4v) is 4.39. The molecule has 0 radical (unpaired) electrons. The van der Waals surface area contributed by atoms with Crippen molar-refractivity contribution in [1.82, 2.24) is 9.97 Å². The topological polar surface area (TPSA) is 54.9 Å². The standard InChI is InChI=1S/C16H15N3OS3/c1-11-4-2-3-5-13(11)19-14(20)8-15-18-12(9-22-15)10-23-16-17-6-7-21-16/h2-7,9H,8,10H2,1H3,(H,19,20). The molecule has 2 heterocycles. The van der Waals surface area contributed by atoms with Crippen LogP contribution in [-0.4, -0.2) is 15.9 Å². The molecule has 3 rings (SSSR count). The van der Waals surface area contributed by atoms with Crippen LogP contribution in [-0.2, 0) is 17.0 Å². The van der Waals surface area contributed by atoms with Crippen LogP contribution in [0.3, 0.4) is 0 Å². The number of nitrogens with one attached hydrogen (secondary N) is 1. The predicted molar refractivity (Wildman–Crippen MR) is 97.3 cm³/mol. The van der Waals surface area contributed by atoms with Gasteiger partial charge in [0.25, 0.3) is 0 Å². The summed E-state index contributed by atoms with van der Waals surface area (Å²) in [7, 11) is 0. The fourth-order valence-electron chi connectivity index (χ4n) is 1.96. The van der Waals surface area contributed by atoms with Gasteiger partial charge >= 0.3 is 0 Å². The Balaban J connectivity index is 1.54. The number of thiazole rings is 2. The summed E-state index contributed by atoms with van der Waals surface area (Å²) in [6, 6.07) is 7.76. The molecule has 3 aromatic rings. The zero-order valence-corrected chi connectivity index (χ0v) is 14.9. The first-order valence-corrected chi connectivity index (χ1v) is 9.76. The highest BCUT2D eigenvalue weighted by Gasteiger charge is 2.10. The highest BCUT2D eigenvalue weighted by atomic mass is 32.2. The molecule has 0 aliphatic heterocycles. The van der Waals surface area contributed by atoms with Gasteiger partial charge in [-0.1, -0.05) is 30.0 Å². The van der Waals surface area contributed by atoms with Gasteiger partial charge in [-0.3, -0.25) is 4.79 Å². The molecule has 0 unspecified atom stereocenters. The molecule has 4 nitrogen and oxygen atoms in total. The lowest BCUT2D eigenvalue weighted by molar-refractivity contribution is -0.115. The summed E-state index contributed by atoms with van der Waals surface area (Å²) in [5, 5.41) is 7.75. The van der Waals surface area contributed by atoms with E-state index < -0.39 is 0 Å². The Hall–Kier alpha value is -1.70. The Morgan fingerprint density at radius 3 is 2.96 bits per heavy atom. The second-order valence-corrected chi connectivity index (χ2v) is 7.92. The maximum atomic E-state index is 12.1. The van der Waals surface area contributed by atoms with Crippen LogP contribution in [0.4, 0.5) is 5.69 Å². The van der Waals surface area contributed by atoms with Gasteiger partial charge in [0.2, 0.25) is 5.91 Å². The van der Waals surface area contributed by atoms with E-state index >= 15 is 0 Å². The molecule has 0 aliphatic carbocycles. The third-order valence-electron chi connectivity index (χ3n) is 3.08. The maximum Gasteiger partial charge on any atom is 0.231 e. The van der Waals surface area contributed by atoms with Crippen LogP contribution in [0.2, 0.25) is 0 Å². The van der Waals surface area contributed by atoms with Crippen molar-refractivity contribution in [3.05, 3.63) is 57.5 Å². The van der Waals surface area contributed by atoms with E-state index in [1.807, 2.05) is 41.9 Å². The van der Waals surface area contributed by atoms with Gasteiger partial charge in [-0.05, 0) is 18.6 Å². The first-order valence-electron chi connectivity index (χ1n) is 7.02. The van der Waals surface area contributed by atoms with Crippen molar-refractivity contribution in [1.29, 1.82) is 0 Å². The molecule has 0 saturated carbocycles. The van der Waals surface area contributed by atoms with Gasteiger partial charge in [0.05, 0.1) is 12.1 Å². The van der Waals surface area contributed by atoms with Gasteiger partial charge in [0.1, 0.15) is 9.35 Å². The molecule has 1 aromatic carbocycles. The van der Waals surface area contributed by atoms with E-state index in [1.54, 1.807) is 29.3 Å². The number of hydrogen-bond acceptors (Lipinski definition) is 6. The number of benzene rings is 1. The molecule has 0 spiro atoms. The van der Waals surface area contributed by atoms with Crippen molar-refractivity contribution >= 4 is 46.0 Å². The lowest BCUT2D eigenvalue weighted by Gasteiger charge is -2.06. The minimum atomic E-state index is -0.0345. The largest absolute Gasteiger partial charge is 0.325 e. The van der Waals surface area contributed by atoms with Crippen molar-refractivity contribution in [2.75, 3.05) is 5.32 Å². The average molecular weight is 362 g/mol. The Bertz CT molecular complexity index is 783. The smallest absolute Gasteiger partial charge is 0.231 e. The van der Waals surface area contributed by atoms with Gasteiger partial charge in [0, 0.05) is 28.4 Å². The van der Waals surface area contributed by atoms with Crippen LogP contribution >= 0.6 is 34.4 Å². The fraction of sp³-hybridized carbons (Fsp3) is 0.188. The van der Waals surface area contributed by atoms with Crippen molar-refractivity contribution in [2.45, 2.75) is 23.4 Å². The lowest BCUT2D eigenvalue weighted by atomic mass is 10.2. The van der Waals surface area contributed by atoms with Gasteiger partial charge in [-0.2, -0.15) is 0 Å². The van der Waals surface area contributed by atoms with Gasteiger partial charge in [-0.25, -0.2) is 9.97 Å². The van der Waals surface area contributed by atoms with Crippen molar-refractivity contribution < 1.29 is 4.79 Å². The molecular formula is C16H15N3OS3. The number of aromatic nitrogens is 2. The Morgan fingerprint density at radius 2 is 2.17 bits per heavy atom. The summed E-state index contributed by atoms with van der Waals surface area (Å²) in [5.74, 6) is 0.747. The van der Waals surface area contributed by atoms with Crippen LogP contribution in [0.1, 0.15) is 16.3 Å². The number of aryl methyl sites for hydroxylation is 1. The molecule has 0 bridgehead atoms. The minimum absolute atomic E-state index is 0.0345. The van der Waals surface area contributed by atoms with Crippen molar-refractivity contribution in [3.63, 3.8) is 0 Å². The highest BCUT2D eigenvalue weighted by Crippen LogP contribution is 2.25. The monoisotopic (exact) mass is 361 g/mol. The maximum absolute atomic E-state index is 12.1. The van der Waals surface area contributed by atoms with Gasteiger partial charge in [-0.15, -0.1) is 22.7 Å². The third kappa shape index (κ3) is 4.63. The number of anilines is 1. The number of carbonyl (C=O) groups is 1. The van der Waals surface area contributed by atoms with Crippen molar-refractivity contribution in [3.8, 4) is 0 Å². The zero-order valence-electron chi connectivity index (χ0n) is 12.5. The van der Waals surface area contributed by atoms with E-state index in [0.717, 1.165) is 32.0 Å². The van der Waals surface area contributed by atoms with E-state index in [4.69, 9.17) is 0 Å². The summed E-state index contributed by atoms with van der Waals surface area (Å²) < 4.78 is 1.04. The first-order chi connectivity index (χ1) is 11.2. The van der Waals surface area contributed by atoms with E-state index in [0.29, 0.717) is 6.42 Å². The first kappa shape index (κ1) is 16.2. The number of rotatable bonds is 6. The number of nitrogens with zero attached hydrogens (tertiary/aromatic N) is 2. The number of para-hydroxylation sites is 1. The van der Waals surface area contributed by atoms with Crippen LogP contribution in [0.15, 0.2) is 45.6 Å². The summed E-state index contributed by atoms with van der Waals surface area (Å²) in [4.78, 5) is 20.9. The molecule has 23 heavy (non-hydrogen) atoms. The normalized spacial score (nSPS) is 10.7. The zero-order chi connectivity index (χ0) is 16.1. The van der Waals surface area contributed by atoms with Gasteiger partial charge < -0.3 is 5.32 Å². The number of amides is 1. The second kappa shape index (κ2) is 7.72. The number of carbonyl (C=O) groups excluding carboxylic acids is 1. The molecule has 1 amide bonds. The molecule has 0 atom stereocenters.